The summed E-state index contributed by atoms with van der Waals surface area (Å²) in [6.45, 7) is 3.48. The zero-order valence-electron chi connectivity index (χ0n) is 11.5. The van der Waals surface area contributed by atoms with Crippen molar-refractivity contribution in [2.24, 2.45) is 0 Å². The highest BCUT2D eigenvalue weighted by Gasteiger charge is 2.18. The van der Waals surface area contributed by atoms with Crippen LogP contribution in [0.15, 0.2) is 24.3 Å². The monoisotopic (exact) mass is 276 g/mol. The summed E-state index contributed by atoms with van der Waals surface area (Å²) in [5, 5.41) is 2.48. The first-order chi connectivity index (χ1) is 9.52. The minimum Gasteiger partial charge on any atom is -0.446 e. The molecule has 20 heavy (non-hydrogen) atoms. The molecule has 0 unspecified atom stereocenters. The van der Waals surface area contributed by atoms with Crippen LogP contribution in [-0.4, -0.2) is 34.8 Å². The van der Waals surface area contributed by atoms with E-state index in [4.69, 9.17) is 4.74 Å². The molecule has 7 heteroatoms. The lowest BCUT2D eigenvalue weighted by Gasteiger charge is -2.12. The van der Waals surface area contributed by atoms with E-state index in [-0.39, 0.29) is 11.9 Å². The van der Waals surface area contributed by atoms with Gasteiger partial charge in [-0.15, -0.1) is 0 Å². The lowest BCUT2D eigenvalue weighted by atomic mass is 10.3. The largest absolute Gasteiger partial charge is 0.446 e. The Balaban J connectivity index is 2.43. The van der Waals surface area contributed by atoms with E-state index in [0.29, 0.717) is 11.0 Å². The first-order valence-corrected chi connectivity index (χ1v) is 6.20. The second-order valence-electron chi connectivity index (χ2n) is 4.40. The Kier molecular flexibility index (Phi) is 3.88. The van der Waals surface area contributed by atoms with Gasteiger partial charge in [-0.3, -0.25) is 4.79 Å². The predicted molar refractivity (Wildman–Crippen MR) is 74.1 cm³/mol. The fraction of sp³-hybridized carbons (Fsp3) is 0.308. The van der Waals surface area contributed by atoms with Gasteiger partial charge in [-0.2, -0.15) is 0 Å². The predicted octanol–water partition coefficient (Wildman–Crippen LogP) is 1.48. The quantitative estimate of drug-likeness (QED) is 0.889. The molecule has 0 saturated heterocycles. The molecule has 1 aromatic heterocycles. The molecule has 0 atom stereocenters. The molecule has 0 aliphatic rings. The Bertz CT molecular complexity index is 648. The van der Waals surface area contributed by atoms with Crippen LogP contribution in [0, 0.1) is 0 Å². The van der Waals surface area contributed by atoms with Crippen molar-refractivity contribution in [3.8, 4) is 0 Å². The van der Waals surface area contributed by atoms with Crippen LogP contribution in [0.1, 0.15) is 24.5 Å². The summed E-state index contributed by atoms with van der Waals surface area (Å²) in [5.41, 5.74) is 3.74. The van der Waals surface area contributed by atoms with Crippen molar-refractivity contribution < 1.29 is 14.3 Å². The van der Waals surface area contributed by atoms with Crippen LogP contribution >= 0.6 is 0 Å². The zero-order chi connectivity index (χ0) is 14.7. The van der Waals surface area contributed by atoms with E-state index in [1.807, 2.05) is 0 Å². The number of fused-ring (bicyclic) bond motifs is 1. The molecule has 1 aromatic carbocycles. The molecule has 2 N–H and O–H groups in total. The minimum absolute atomic E-state index is 0.0920. The number of aromatic nitrogens is 2. The number of nitrogens with one attached hydrogen (secondary N) is 2. The number of imidazole rings is 1. The summed E-state index contributed by atoms with van der Waals surface area (Å²) in [6, 6.07) is 7.11. The average molecular weight is 276 g/mol. The molecule has 0 aliphatic heterocycles. The Labute approximate surface area is 115 Å². The second kappa shape index (κ2) is 5.60. The molecule has 7 nitrogen and oxygen atoms in total. The summed E-state index contributed by atoms with van der Waals surface area (Å²) in [7, 11) is 1.50. The van der Waals surface area contributed by atoms with Gasteiger partial charge in [-0.25, -0.2) is 19.9 Å². The van der Waals surface area contributed by atoms with Crippen molar-refractivity contribution in [3.05, 3.63) is 30.1 Å². The lowest BCUT2D eigenvalue weighted by Crippen LogP contribution is -2.31. The smallest absolute Gasteiger partial charge is 0.426 e. The normalized spacial score (nSPS) is 10.6. The van der Waals surface area contributed by atoms with E-state index in [1.54, 1.807) is 38.1 Å². The third kappa shape index (κ3) is 2.71. The number of para-hydroxylation sites is 2. The molecule has 0 aliphatic carbocycles. The lowest BCUT2D eigenvalue weighted by molar-refractivity contribution is 0.0950. The third-order valence-electron chi connectivity index (χ3n) is 2.54. The third-order valence-corrected chi connectivity index (χ3v) is 2.54. The summed E-state index contributed by atoms with van der Waals surface area (Å²) < 4.78 is 6.33. The molecular formula is C13H16N4O3. The molecular weight excluding hydrogens is 260 g/mol. The molecule has 0 spiro atoms. The Morgan fingerprint density at radius 2 is 2.00 bits per heavy atom. The van der Waals surface area contributed by atoms with Gasteiger partial charge in [0.2, 0.25) is 5.82 Å². The summed E-state index contributed by atoms with van der Waals surface area (Å²) in [5.74, 6) is -0.305. The van der Waals surface area contributed by atoms with Crippen molar-refractivity contribution >= 4 is 23.0 Å². The van der Waals surface area contributed by atoms with Gasteiger partial charge in [0, 0.05) is 7.05 Å². The highest BCUT2D eigenvalue weighted by Crippen LogP contribution is 2.14. The van der Waals surface area contributed by atoms with Gasteiger partial charge in [-0.1, -0.05) is 12.1 Å². The molecule has 0 saturated carbocycles. The number of carbonyl (C=O) groups excluding carboxylic acids is 2. The summed E-state index contributed by atoms with van der Waals surface area (Å²) in [4.78, 5) is 27.7. The van der Waals surface area contributed by atoms with Crippen LogP contribution in [-0.2, 0) is 4.74 Å². The maximum Gasteiger partial charge on any atom is 0.426 e. The number of amides is 2. The van der Waals surface area contributed by atoms with Gasteiger partial charge in [0.25, 0.3) is 5.91 Å². The topological polar surface area (TPSA) is 85.3 Å². The van der Waals surface area contributed by atoms with Crippen molar-refractivity contribution in [1.29, 1.82) is 0 Å². The van der Waals surface area contributed by atoms with Crippen molar-refractivity contribution in [1.82, 2.24) is 15.0 Å². The van der Waals surface area contributed by atoms with Gasteiger partial charge in [0.1, 0.15) is 0 Å². The van der Waals surface area contributed by atoms with Gasteiger partial charge >= 0.3 is 6.09 Å². The number of rotatable bonds is 3. The SMILES string of the molecule is CNC(=O)c1nc2ccccc2n1NC(=O)OC(C)C. The van der Waals surface area contributed by atoms with Gasteiger partial charge in [0.05, 0.1) is 17.1 Å². The molecule has 2 aromatic rings. The fourth-order valence-corrected chi connectivity index (χ4v) is 1.73. The molecule has 106 valence electrons. The standard InChI is InChI=1S/C13H16N4O3/c1-8(2)20-13(19)16-17-10-7-5-4-6-9(10)15-11(17)12(18)14-3/h4-8H,1-3H3,(H,14,18)(H,16,19). The summed E-state index contributed by atoms with van der Waals surface area (Å²) in [6.07, 6.45) is -0.901. The number of hydrogen-bond acceptors (Lipinski definition) is 4. The Morgan fingerprint density at radius 3 is 2.65 bits per heavy atom. The highest BCUT2D eigenvalue weighted by molar-refractivity contribution is 5.96. The van der Waals surface area contributed by atoms with E-state index in [9.17, 15) is 9.59 Å². The zero-order valence-corrected chi connectivity index (χ0v) is 11.5. The van der Waals surface area contributed by atoms with Crippen molar-refractivity contribution in [2.75, 3.05) is 12.5 Å². The second-order valence-corrected chi connectivity index (χ2v) is 4.40. The molecule has 1 heterocycles. The van der Waals surface area contributed by atoms with Crippen LogP contribution in [0.4, 0.5) is 4.79 Å². The maximum absolute atomic E-state index is 11.8. The molecule has 0 radical (unpaired) electrons. The fourth-order valence-electron chi connectivity index (χ4n) is 1.73. The van der Waals surface area contributed by atoms with Gasteiger partial charge < -0.3 is 10.1 Å². The van der Waals surface area contributed by atoms with Crippen molar-refractivity contribution in [2.45, 2.75) is 20.0 Å². The van der Waals surface area contributed by atoms with Crippen LogP contribution in [0.25, 0.3) is 11.0 Å². The van der Waals surface area contributed by atoms with E-state index >= 15 is 0 Å². The summed E-state index contributed by atoms with van der Waals surface area (Å²) >= 11 is 0. The number of carbonyl (C=O) groups is 2. The molecule has 2 amide bonds. The first kappa shape index (κ1) is 13.9. The number of ether oxygens (including phenoxy) is 1. The van der Waals surface area contributed by atoms with E-state index in [0.717, 1.165) is 0 Å². The van der Waals surface area contributed by atoms with E-state index < -0.39 is 12.0 Å². The number of hydrogen-bond donors (Lipinski definition) is 2. The number of nitrogens with zero attached hydrogens (tertiary/aromatic N) is 2. The highest BCUT2D eigenvalue weighted by atomic mass is 16.6. The maximum atomic E-state index is 11.8. The molecule has 2 rings (SSSR count). The van der Waals surface area contributed by atoms with Crippen LogP contribution in [0.5, 0.6) is 0 Å². The van der Waals surface area contributed by atoms with E-state index in [2.05, 4.69) is 15.7 Å². The van der Waals surface area contributed by atoms with Gasteiger partial charge in [-0.05, 0) is 26.0 Å². The van der Waals surface area contributed by atoms with Gasteiger partial charge in [0.15, 0.2) is 0 Å². The molecule has 0 fully saturated rings. The first-order valence-electron chi connectivity index (χ1n) is 6.20. The Hall–Kier alpha value is -2.57. The average Bonchev–Trinajstić information content (AvgIpc) is 2.76. The number of benzene rings is 1. The Morgan fingerprint density at radius 1 is 1.30 bits per heavy atom. The minimum atomic E-state index is -0.645. The van der Waals surface area contributed by atoms with Crippen LogP contribution in [0.2, 0.25) is 0 Å². The molecule has 0 bridgehead atoms. The van der Waals surface area contributed by atoms with E-state index in [1.165, 1.54) is 11.7 Å². The van der Waals surface area contributed by atoms with Crippen molar-refractivity contribution in [3.63, 3.8) is 0 Å². The van der Waals surface area contributed by atoms with Crippen LogP contribution in [0.3, 0.4) is 0 Å². The van der Waals surface area contributed by atoms with Crippen LogP contribution < -0.4 is 10.7 Å².